The van der Waals surface area contributed by atoms with Gasteiger partial charge < -0.3 is 19.4 Å². The molecule has 4 heteroatoms. The summed E-state index contributed by atoms with van der Waals surface area (Å²) < 4.78 is 2.28. The largest absolute Gasteiger partial charge is 0.358 e. The van der Waals surface area contributed by atoms with Crippen molar-refractivity contribution in [3.63, 3.8) is 0 Å². The van der Waals surface area contributed by atoms with Gasteiger partial charge in [0.25, 0.3) is 0 Å². The van der Waals surface area contributed by atoms with E-state index < -0.39 is 0 Å². The van der Waals surface area contributed by atoms with E-state index in [0.29, 0.717) is 6.04 Å². The summed E-state index contributed by atoms with van der Waals surface area (Å²) in [7, 11) is 0. The molecule has 0 spiro atoms. The van der Waals surface area contributed by atoms with E-state index in [2.05, 4.69) is 40.7 Å². The fourth-order valence-electron chi connectivity index (χ4n) is 2.52. The number of aromatic nitrogens is 2. The molecule has 0 amide bonds. The number of aryl methyl sites for hydroxylation is 2. The van der Waals surface area contributed by atoms with Gasteiger partial charge in [-0.1, -0.05) is 38.1 Å². The Labute approximate surface area is 170 Å². The van der Waals surface area contributed by atoms with Gasteiger partial charge in [0.05, 0.1) is 12.4 Å². The molecule has 0 saturated heterocycles. The second-order valence-corrected chi connectivity index (χ2v) is 4.20. The van der Waals surface area contributed by atoms with Crippen LogP contribution in [-0.2, 0) is 60.2 Å². The molecule has 1 aliphatic carbocycles. The number of imidazole rings is 1. The topological polar surface area (TPSA) is 17.8 Å². The zero-order chi connectivity index (χ0) is 12.3. The number of hydrogen-bond acceptors (Lipinski definition) is 1. The predicted octanol–water partition coefficient (Wildman–Crippen LogP) is 4.65. The van der Waals surface area contributed by atoms with Crippen molar-refractivity contribution in [2.45, 2.75) is 39.7 Å². The minimum Gasteiger partial charge on any atom is -0.358 e. The standard InChI is InChI=1S/C13H14N2.C2H6.2CH3.W.Y/c1-10-8-14-9-15(10)13-7-6-11-4-2-3-5-12(11)13;1-2;;;;/h2-5,8-9,13H,6-7H2,1H3;1-2H3;2*1H3;;/q;;2*-1;;. The number of fused-ring (bicyclic) bond motifs is 1. The Balaban J connectivity index is -0.000000519. The van der Waals surface area contributed by atoms with Gasteiger partial charge in [0.2, 0.25) is 0 Å². The minimum atomic E-state index is 0. The summed E-state index contributed by atoms with van der Waals surface area (Å²) in [6.07, 6.45) is 6.28. The third-order valence-corrected chi connectivity index (χ3v) is 3.30. The summed E-state index contributed by atoms with van der Waals surface area (Å²) in [6, 6.07) is 9.24. The SMILES string of the molecule is CC.Cc1cncn1C1CCc2ccccc21.[CH3-].[CH3-].[W].[Y]. The van der Waals surface area contributed by atoms with Crippen LogP contribution in [0.3, 0.4) is 0 Å². The smallest absolute Gasteiger partial charge is 0.0953 e. The van der Waals surface area contributed by atoms with Crippen molar-refractivity contribution in [1.29, 1.82) is 0 Å². The van der Waals surface area contributed by atoms with Gasteiger partial charge in [-0.25, -0.2) is 4.98 Å². The molecular formula is C17H26N2WY-2. The van der Waals surface area contributed by atoms with Crippen LogP contribution in [0.15, 0.2) is 36.8 Å². The number of benzene rings is 1. The summed E-state index contributed by atoms with van der Waals surface area (Å²) in [5, 5.41) is 0. The van der Waals surface area contributed by atoms with Gasteiger partial charge in [-0.15, -0.1) is 0 Å². The molecule has 1 unspecified atom stereocenters. The second-order valence-electron chi connectivity index (χ2n) is 4.20. The summed E-state index contributed by atoms with van der Waals surface area (Å²) >= 11 is 0. The number of rotatable bonds is 1. The van der Waals surface area contributed by atoms with E-state index >= 15 is 0 Å². The zero-order valence-corrected chi connectivity index (χ0v) is 19.6. The summed E-state index contributed by atoms with van der Waals surface area (Å²) in [5.41, 5.74) is 4.21. The molecule has 2 nitrogen and oxygen atoms in total. The maximum absolute atomic E-state index is 4.20. The quantitative estimate of drug-likeness (QED) is 0.491. The van der Waals surface area contributed by atoms with E-state index in [1.807, 2.05) is 26.4 Å². The van der Waals surface area contributed by atoms with E-state index in [0.717, 1.165) is 0 Å². The molecule has 0 bridgehead atoms. The van der Waals surface area contributed by atoms with Crippen molar-refractivity contribution in [3.05, 3.63) is 68.5 Å². The van der Waals surface area contributed by atoms with Crippen molar-refractivity contribution in [2.75, 3.05) is 0 Å². The first-order valence-electron chi connectivity index (χ1n) is 6.42. The van der Waals surface area contributed by atoms with Crippen molar-refractivity contribution in [3.8, 4) is 0 Å². The van der Waals surface area contributed by atoms with Gasteiger partial charge in [0.15, 0.2) is 0 Å². The van der Waals surface area contributed by atoms with Gasteiger partial charge in [0, 0.05) is 65.7 Å². The van der Waals surface area contributed by atoms with Crippen LogP contribution < -0.4 is 0 Å². The molecule has 2 aromatic rings. The molecule has 0 saturated carbocycles. The van der Waals surface area contributed by atoms with Gasteiger partial charge in [-0.05, 0) is 30.9 Å². The summed E-state index contributed by atoms with van der Waals surface area (Å²) in [6.45, 7) is 6.12. The Morgan fingerprint density at radius 2 is 1.76 bits per heavy atom. The Kier molecular flexibility index (Phi) is 15.9. The normalized spacial score (nSPS) is 14.0. The fraction of sp³-hybridized carbons (Fsp3) is 0.353. The Hall–Kier alpha value is 0.222. The van der Waals surface area contributed by atoms with E-state index in [1.54, 1.807) is 0 Å². The molecule has 3 rings (SSSR count). The Bertz CT molecular complexity index is 497. The maximum atomic E-state index is 4.20. The molecule has 1 radical (unpaired) electrons. The fourth-order valence-corrected chi connectivity index (χ4v) is 2.52. The van der Waals surface area contributed by atoms with Crippen LogP contribution in [0.2, 0.25) is 0 Å². The molecule has 1 aromatic carbocycles. The summed E-state index contributed by atoms with van der Waals surface area (Å²) in [4.78, 5) is 4.20. The first kappa shape index (κ1) is 26.1. The van der Waals surface area contributed by atoms with E-state index in [-0.39, 0.29) is 68.6 Å². The molecular weight excluding hydrogens is 505 g/mol. The molecule has 0 fully saturated rings. The number of nitrogens with zero attached hydrogens (tertiary/aromatic N) is 2. The van der Waals surface area contributed by atoms with Gasteiger partial charge in [-0.3, -0.25) is 0 Å². The van der Waals surface area contributed by atoms with Crippen LogP contribution in [0, 0.1) is 21.8 Å². The average molecular weight is 531 g/mol. The zero-order valence-electron chi connectivity index (χ0n) is 13.8. The van der Waals surface area contributed by atoms with Gasteiger partial charge in [0.1, 0.15) is 0 Å². The van der Waals surface area contributed by atoms with E-state index in [9.17, 15) is 0 Å². The minimum absolute atomic E-state index is 0. The second kappa shape index (κ2) is 12.7. The molecule has 0 N–H and O–H groups in total. The van der Waals surface area contributed by atoms with Crippen LogP contribution in [0.5, 0.6) is 0 Å². The molecule has 1 heterocycles. The molecule has 1 aliphatic rings. The average Bonchev–Trinajstić information content (AvgIpc) is 2.97. The molecule has 115 valence electrons. The predicted molar refractivity (Wildman–Crippen MR) is 84.0 cm³/mol. The molecule has 0 aliphatic heterocycles. The molecule has 1 aromatic heterocycles. The Morgan fingerprint density at radius 1 is 1.14 bits per heavy atom. The van der Waals surface area contributed by atoms with Crippen molar-refractivity contribution < 1.29 is 53.8 Å². The van der Waals surface area contributed by atoms with Crippen LogP contribution in [0.1, 0.15) is 43.1 Å². The van der Waals surface area contributed by atoms with Crippen LogP contribution in [0.25, 0.3) is 0 Å². The number of hydrogen-bond donors (Lipinski definition) is 0. The van der Waals surface area contributed by atoms with E-state index in [1.165, 1.54) is 29.7 Å². The van der Waals surface area contributed by atoms with Crippen molar-refractivity contribution in [2.24, 2.45) is 0 Å². The Morgan fingerprint density at radius 3 is 2.33 bits per heavy atom. The monoisotopic (exact) mass is 531 g/mol. The first-order chi connectivity index (χ1) is 8.36. The molecule has 1 atom stereocenters. The van der Waals surface area contributed by atoms with Crippen LogP contribution in [-0.4, -0.2) is 9.55 Å². The van der Waals surface area contributed by atoms with Crippen molar-refractivity contribution >= 4 is 0 Å². The first-order valence-corrected chi connectivity index (χ1v) is 6.42. The van der Waals surface area contributed by atoms with E-state index in [4.69, 9.17) is 0 Å². The van der Waals surface area contributed by atoms with Crippen LogP contribution >= 0.6 is 0 Å². The molecule has 21 heavy (non-hydrogen) atoms. The van der Waals surface area contributed by atoms with Crippen molar-refractivity contribution in [1.82, 2.24) is 9.55 Å². The summed E-state index contributed by atoms with van der Waals surface area (Å²) in [5.74, 6) is 0. The van der Waals surface area contributed by atoms with Crippen LogP contribution in [0.4, 0.5) is 0 Å². The van der Waals surface area contributed by atoms with Gasteiger partial charge in [-0.2, -0.15) is 0 Å². The maximum Gasteiger partial charge on any atom is 0.0953 e. The van der Waals surface area contributed by atoms with Gasteiger partial charge >= 0.3 is 0 Å². The third kappa shape index (κ3) is 5.73. The third-order valence-electron chi connectivity index (χ3n) is 3.30.